The Morgan fingerprint density at radius 1 is 1.08 bits per heavy atom. The maximum absolute atomic E-state index is 6.46. The molecular formula is C21H22ClN3S. The average molecular weight is 384 g/mol. The molecule has 3 nitrogen and oxygen atoms in total. The summed E-state index contributed by atoms with van der Waals surface area (Å²) in [6.07, 6.45) is 1.86. The van der Waals surface area contributed by atoms with Crippen molar-refractivity contribution in [3.8, 4) is 17.1 Å². The first-order valence-electron chi connectivity index (χ1n) is 8.47. The molecule has 0 bridgehead atoms. The van der Waals surface area contributed by atoms with Crippen molar-refractivity contribution in [2.45, 2.75) is 31.3 Å². The Bertz CT molecular complexity index is 908. The maximum Gasteiger partial charge on any atom is 0.196 e. The maximum atomic E-state index is 6.46. The number of halogens is 1. The van der Waals surface area contributed by atoms with Crippen molar-refractivity contribution < 1.29 is 0 Å². The second-order valence-corrected chi connectivity index (χ2v) is 8.41. The van der Waals surface area contributed by atoms with Crippen molar-refractivity contribution in [3.05, 3.63) is 71.8 Å². The van der Waals surface area contributed by atoms with Gasteiger partial charge in [-0.1, -0.05) is 86.6 Å². The van der Waals surface area contributed by atoms with Gasteiger partial charge in [-0.05, 0) is 23.1 Å². The SMILES string of the molecule is C=CCSc1nnc(-c2ccc(C(C)(C)C)cc2)n1-c1ccccc1Cl. The molecule has 0 radical (unpaired) electrons. The lowest BCUT2D eigenvalue weighted by Crippen LogP contribution is -2.10. The lowest BCUT2D eigenvalue weighted by atomic mass is 9.87. The Labute approximate surface area is 164 Å². The van der Waals surface area contributed by atoms with Gasteiger partial charge in [0.2, 0.25) is 0 Å². The summed E-state index contributed by atoms with van der Waals surface area (Å²) < 4.78 is 2.02. The van der Waals surface area contributed by atoms with E-state index in [-0.39, 0.29) is 5.41 Å². The molecule has 5 heteroatoms. The monoisotopic (exact) mass is 383 g/mol. The molecule has 3 aromatic rings. The summed E-state index contributed by atoms with van der Waals surface area (Å²) in [5, 5.41) is 10.3. The van der Waals surface area contributed by atoms with E-state index in [1.165, 1.54) is 5.56 Å². The van der Waals surface area contributed by atoms with Crippen LogP contribution in [0.25, 0.3) is 17.1 Å². The summed E-state index contributed by atoms with van der Waals surface area (Å²) in [6.45, 7) is 10.4. The van der Waals surface area contributed by atoms with E-state index in [2.05, 4.69) is 61.8 Å². The van der Waals surface area contributed by atoms with Crippen LogP contribution < -0.4 is 0 Å². The van der Waals surface area contributed by atoms with Gasteiger partial charge < -0.3 is 0 Å². The predicted octanol–water partition coefficient (Wildman–Crippen LogP) is 6.16. The molecule has 134 valence electrons. The van der Waals surface area contributed by atoms with Gasteiger partial charge in [-0.2, -0.15) is 0 Å². The van der Waals surface area contributed by atoms with E-state index in [1.54, 1.807) is 11.8 Å². The number of hydrogen-bond acceptors (Lipinski definition) is 3. The van der Waals surface area contributed by atoms with Crippen molar-refractivity contribution in [2.24, 2.45) is 0 Å². The molecule has 1 aromatic heterocycles. The molecule has 0 N–H and O–H groups in total. The Kier molecular flexibility index (Phi) is 5.54. The highest BCUT2D eigenvalue weighted by Crippen LogP contribution is 2.32. The third kappa shape index (κ3) is 3.87. The number of hydrogen-bond donors (Lipinski definition) is 0. The van der Waals surface area contributed by atoms with E-state index in [4.69, 9.17) is 11.6 Å². The predicted molar refractivity (Wildman–Crippen MR) is 111 cm³/mol. The Morgan fingerprint density at radius 3 is 2.38 bits per heavy atom. The molecule has 3 rings (SSSR count). The summed E-state index contributed by atoms with van der Waals surface area (Å²) in [5.41, 5.74) is 3.28. The third-order valence-electron chi connectivity index (χ3n) is 4.07. The number of para-hydroxylation sites is 1. The fourth-order valence-corrected chi connectivity index (χ4v) is 3.55. The van der Waals surface area contributed by atoms with Crippen LogP contribution in [-0.4, -0.2) is 20.5 Å². The zero-order valence-electron chi connectivity index (χ0n) is 15.2. The molecule has 2 aromatic carbocycles. The Hall–Kier alpha value is -2.04. The van der Waals surface area contributed by atoms with Crippen LogP contribution in [0.3, 0.4) is 0 Å². The molecule has 0 aliphatic rings. The minimum Gasteiger partial charge on any atom is -0.269 e. The quantitative estimate of drug-likeness (QED) is 0.390. The molecule has 0 saturated heterocycles. The van der Waals surface area contributed by atoms with Gasteiger partial charge in [-0.25, -0.2) is 0 Å². The second-order valence-electron chi connectivity index (χ2n) is 7.02. The molecule has 0 fully saturated rings. The number of thioether (sulfide) groups is 1. The fourth-order valence-electron chi connectivity index (χ4n) is 2.65. The van der Waals surface area contributed by atoms with Gasteiger partial charge in [0, 0.05) is 11.3 Å². The largest absolute Gasteiger partial charge is 0.269 e. The van der Waals surface area contributed by atoms with E-state index in [1.807, 2.05) is 34.9 Å². The first kappa shape index (κ1) is 18.7. The van der Waals surface area contributed by atoms with Crippen molar-refractivity contribution >= 4 is 23.4 Å². The zero-order chi connectivity index (χ0) is 18.7. The minimum absolute atomic E-state index is 0.111. The van der Waals surface area contributed by atoms with E-state index >= 15 is 0 Å². The summed E-state index contributed by atoms with van der Waals surface area (Å²) in [7, 11) is 0. The van der Waals surface area contributed by atoms with Gasteiger partial charge in [0.1, 0.15) is 0 Å². The molecule has 0 saturated carbocycles. The smallest absolute Gasteiger partial charge is 0.196 e. The zero-order valence-corrected chi connectivity index (χ0v) is 16.8. The molecule has 1 heterocycles. The topological polar surface area (TPSA) is 30.7 Å². The van der Waals surface area contributed by atoms with Crippen molar-refractivity contribution in [2.75, 3.05) is 5.75 Å². The van der Waals surface area contributed by atoms with E-state index in [9.17, 15) is 0 Å². The van der Waals surface area contributed by atoms with Crippen LogP contribution in [0.2, 0.25) is 5.02 Å². The highest BCUT2D eigenvalue weighted by atomic mass is 35.5. The van der Waals surface area contributed by atoms with E-state index < -0.39 is 0 Å². The standard InChI is InChI=1S/C21H22ClN3S/c1-5-14-26-20-24-23-19(25(20)18-9-7-6-8-17(18)22)15-10-12-16(13-11-15)21(2,3)4/h5-13H,1,14H2,2-4H3. The normalized spacial score (nSPS) is 11.5. The lowest BCUT2D eigenvalue weighted by Gasteiger charge is -2.19. The molecule has 0 amide bonds. The number of aromatic nitrogens is 3. The average Bonchev–Trinajstić information content (AvgIpc) is 3.03. The van der Waals surface area contributed by atoms with E-state index in [0.717, 1.165) is 28.0 Å². The molecular weight excluding hydrogens is 362 g/mol. The van der Waals surface area contributed by atoms with Gasteiger partial charge in [0.05, 0.1) is 10.7 Å². The van der Waals surface area contributed by atoms with Crippen LogP contribution >= 0.6 is 23.4 Å². The van der Waals surface area contributed by atoms with Gasteiger partial charge in [0.15, 0.2) is 11.0 Å². The minimum atomic E-state index is 0.111. The lowest BCUT2D eigenvalue weighted by molar-refractivity contribution is 0.590. The molecule has 0 spiro atoms. The number of rotatable bonds is 5. The van der Waals surface area contributed by atoms with Gasteiger partial charge >= 0.3 is 0 Å². The highest BCUT2D eigenvalue weighted by Gasteiger charge is 2.19. The highest BCUT2D eigenvalue weighted by molar-refractivity contribution is 7.99. The summed E-state index contributed by atoms with van der Waals surface area (Å²) in [4.78, 5) is 0. The summed E-state index contributed by atoms with van der Waals surface area (Å²) in [5.74, 6) is 1.54. The van der Waals surface area contributed by atoms with Crippen LogP contribution in [0.15, 0.2) is 66.3 Å². The Morgan fingerprint density at radius 2 is 1.77 bits per heavy atom. The van der Waals surface area contributed by atoms with E-state index in [0.29, 0.717) is 5.02 Å². The third-order valence-corrected chi connectivity index (χ3v) is 5.31. The molecule has 0 aliphatic heterocycles. The van der Waals surface area contributed by atoms with Gasteiger partial charge in [-0.15, -0.1) is 16.8 Å². The van der Waals surface area contributed by atoms with Crippen LogP contribution in [0.1, 0.15) is 26.3 Å². The molecule has 0 aliphatic carbocycles. The molecule has 0 atom stereocenters. The van der Waals surface area contributed by atoms with Crippen LogP contribution in [0.4, 0.5) is 0 Å². The van der Waals surface area contributed by atoms with Crippen molar-refractivity contribution in [1.82, 2.24) is 14.8 Å². The van der Waals surface area contributed by atoms with Crippen LogP contribution in [0.5, 0.6) is 0 Å². The Balaban J connectivity index is 2.12. The number of benzene rings is 2. The van der Waals surface area contributed by atoms with Crippen LogP contribution in [-0.2, 0) is 5.41 Å². The molecule has 0 unspecified atom stereocenters. The second kappa shape index (κ2) is 7.68. The summed E-state index contributed by atoms with van der Waals surface area (Å²) >= 11 is 8.05. The molecule has 26 heavy (non-hydrogen) atoms. The van der Waals surface area contributed by atoms with Crippen molar-refractivity contribution in [1.29, 1.82) is 0 Å². The summed E-state index contributed by atoms with van der Waals surface area (Å²) in [6, 6.07) is 16.2. The van der Waals surface area contributed by atoms with Crippen LogP contribution in [0, 0.1) is 0 Å². The number of nitrogens with zero attached hydrogens (tertiary/aromatic N) is 3. The van der Waals surface area contributed by atoms with Gasteiger partial charge in [0.25, 0.3) is 0 Å². The first-order chi connectivity index (χ1) is 12.4. The fraction of sp³-hybridized carbons (Fsp3) is 0.238. The van der Waals surface area contributed by atoms with Gasteiger partial charge in [-0.3, -0.25) is 4.57 Å². The first-order valence-corrected chi connectivity index (χ1v) is 9.83. The van der Waals surface area contributed by atoms with Crippen molar-refractivity contribution in [3.63, 3.8) is 0 Å².